The summed E-state index contributed by atoms with van der Waals surface area (Å²) in [6.07, 6.45) is 4.07. The number of pyridine rings is 1. The molecule has 146 valence electrons. The first kappa shape index (κ1) is 20.6. The van der Waals surface area contributed by atoms with Gasteiger partial charge in [0.1, 0.15) is 0 Å². The summed E-state index contributed by atoms with van der Waals surface area (Å²) in [4.78, 5) is 8.99. The van der Waals surface area contributed by atoms with Crippen LogP contribution >= 0.6 is 0 Å². The molecule has 0 unspecified atom stereocenters. The number of nitrogens with zero attached hydrogens (tertiary/aromatic N) is 2. The van der Waals surface area contributed by atoms with Crippen molar-refractivity contribution in [2.24, 2.45) is 4.99 Å². The topological polar surface area (TPSA) is 67.8 Å². The van der Waals surface area contributed by atoms with Crippen molar-refractivity contribution >= 4 is 5.96 Å². The summed E-state index contributed by atoms with van der Waals surface area (Å²) in [5, 5.41) is 6.59. The molecule has 27 heavy (non-hydrogen) atoms. The average Bonchev–Trinajstić information content (AvgIpc) is 2.69. The van der Waals surface area contributed by atoms with Gasteiger partial charge in [-0.25, -0.2) is 9.98 Å². The molecule has 0 aliphatic rings. The molecule has 0 bridgehead atoms. The molecule has 0 amide bonds. The number of aromatic nitrogens is 1. The van der Waals surface area contributed by atoms with Crippen LogP contribution in [0.5, 0.6) is 17.4 Å². The molecule has 0 fully saturated rings. The Morgan fingerprint density at radius 1 is 1.04 bits per heavy atom. The lowest BCUT2D eigenvalue weighted by Gasteiger charge is -2.11. The number of hydrogen-bond acceptors (Lipinski definition) is 4. The summed E-state index contributed by atoms with van der Waals surface area (Å²) in [6.45, 7) is 9.09. The van der Waals surface area contributed by atoms with Crippen LogP contribution in [0, 0.1) is 0 Å². The molecule has 0 atom stereocenters. The number of benzene rings is 1. The fraction of sp³-hybridized carbons (Fsp3) is 0.429. The number of guanidine groups is 1. The number of para-hydroxylation sites is 2. The van der Waals surface area contributed by atoms with E-state index >= 15 is 0 Å². The van der Waals surface area contributed by atoms with Crippen molar-refractivity contribution < 1.29 is 9.47 Å². The molecule has 0 saturated carbocycles. The lowest BCUT2D eigenvalue weighted by atomic mass is 10.3. The molecular weight excluding hydrogens is 340 g/mol. The Hall–Kier alpha value is -2.76. The second-order valence-corrected chi connectivity index (χ2v) is 5.96. The minimum absolute atomic E-state index is 0.530. The lowest BCUT2D eigenvalue weighted by molar-refractivity contribution is 0.319. The van der Waals surface area contributed by atoms with Crippen LogP contribution in [0.2, 0.25) is 0 Å². The zero-order valence-electron chi connectivity index (χ0n) is 16.5. The van der Waals surface area contributed by atoms with Gasteiger partial charge in [-0.2, -0.15) is 0 Å². The monoisotopic (exact) mass is 370 g/mol. The smallest absolute Gasteiger partial charge is 0.219 e. The van der Waals surface area contributed by atoms with Crippen molar-refractivity contribution in [2.45, 2.75) is 40.2 Å². The molecule has 1 aromatic carbocycles. The number of hydrogen-bond donors (Lipinski definition) is 2. The number of aliphatic imine (C=N–C) groups is 1. The third kappa shape index (κ3) is 7.17. The van der Waals surface area contributed by atoms with Crippen LogP contribution in [-0.4, -0.2) is 30.6 Å². The first-order valence-electron chi connectivity index (χ1n) is 9.63. The summed E-state index contributed by atoms with van der Waals surface area (Å²) in [7, 11) is 0. The molecule has 6 heteroatoms. The minimum Gasteiger partial charge on any atom is -0.490 e. The normalized spacial score (nSPS) is 11.1. The average molecular weight is 370 g/mol. The van der Waals surface area contributed by atoms with E-state index < -0.39 is 0 Å². The van der Waals surface area contributed by atoms with Crippen LogP contribution in [0.1, 0.15) is 39.2 Å². The van der Waals surface area contributed by atoms with Crippen molar-refractivity contribution in [3.05, 3.63) is 48.2 Å². The van der Waals surface area contributed by atoms with E-state index in [1.807, 2.05) is 43.3 Å². The SMILES string of the molecule is CCCCNC(=NCc1ccc(Oc2ccccc2OCC)nc1)NCC. The molecular formula is C21H30N4O2. The standard InChI is InChI=1S/C21H30N4O2/c1-4-7-14-23-21(22-5-2)25-16-17-12-13-20(24-15-17)27-19-11-9-8-10-18(19)26-6-3/h8-13,15H,4-7,14,16H2,1-3H3,(H2,22,23,25). The highest BCUT2D eigenvalue weighted by atomic mass is 16.5. The van der Waals surface area contributed by atoms with Crippen LogP contribution in [0.4, 0.5) is 0 Å². The molecule has 2 N–H and O–H groups in total. The largest absolute Gasteiger partial charge is 0.490 e. The molecule has 0 saturated heterocycles. The fourth-order valence-electron chi connectivity index (χ4n) is 2.38. The Morgan fingerprint density at radius 3 is 2.52 bits per heavy atom. The summed E-state index contributed by atoms with van der Waals surface area (Å²) in [5.74, 6) is 2.73. The van der Waals surface area contributed by atoms with Crippen molar-refractivity contribution in [1.29, 1.82) is 0 Å². The first-order valence-corrected chi connectivity index (χ1v) is 9.63. The maximum atomic E-state index is 5.85. The van der Waals surface area contributed by atoms with E-state index in [2.05, 4.69) is 34.5 Å². The van der Waals surface area contributed by atoms with E-state index in [9.17, 15) is 0 Å². The van der Waals surface area contributed by atoms with Gasteiger partial charge in [-0.05, 0) is 38.0 Å². The first-order chi connectivity index (χ1) is 13.3. The highest BCUT2D eigenvalue weighted by molar-refractivity contribution is 5.79. The molecule has 1 heterocycles. The van der Waals surface area contributed by atoms with Gasteiger partial charge in [-0.1, -0.05) is 31.5 Å². The van der Waals surface area contributed by atoms with Crippen LogP contribution in [0.25, 0.3) is 0 Å². The number of ether oxygens (including phenoxy) is 2. The lowest BCUT2D eigenvalue weighted by Crippen LogP contribution is -2.37. The van der Waals surface area contributed by atoms with Gasteiger partial charge in [-0.15, -0.1) is 0 Å². The second kappa shape index (κ2) is 11.8. The number of nitrogens with one attached hydrogen (secondary N) is 2. The van der Waals surface area contributed by atoms with E-state index in [1.54, 1.807) is 6.20 Å². The Bertz CT molecular complexity index is 702. The maximum absolute atomic E-state index is 5.85. The Labute approximate surface area is 162 Å². The molecule has 0 radical (unpaired) electrons. The van der Waals surface area contributed by atoms with E-state index in [4.69, 9.17) is 9.47 Å². The molecule has 2 rings (SSSR count). The van der Waals surface area contributed by atoms with Gasteiger partial charge in [-0.3, -0.25) is 0 Å². The van der Waals surface area contributed by atoms with Gasteiger partial charge >= 0.3 is 0 Å². The fourth-order valence-corrected chi connectivity index (χ4v) is 2.38. The van der Waals surface area contributed by atoms with Gasteiger partial charge in [0.15, 0.2) is 17.5 Å². The number of unbranched alkanes of at least 4 members (excludes halogenated alkanes) is 1. The van der Waals surface area contributed by atoms with Gasteiger partial charge in [0.05, 0.1) is 13.2 Å². The summed E-state index contributed by atoms with van der Waals surface area (Å²) < 4.78 is 11.4. The van der Waals surface area contributed by atoms with Crippen LogP contribution < -0.4 is 20.1 Å². The van der Waals surface area contributed by atoms with Crippen molar-refractivity contribution in [2.75, 3.05) is 19.7 Å². The zero-order valence-corrected chi connectivity index (χ0v) is 16.5. The van der Waals surface area contributed by atoms with E-state index in [0.717, 1.165) is 37.5 Å². The molecule has 0 spiro atoms. The maximum Gasteiger partial charge on any atom is 0.219 e. The van der Waals surface area contributed by atoms with E-state index in [1.165, 1.54) is 0 Å². The van der Waals surface area contributed by atoms with Crippen LogP contribution in [0.15, 0.2) is 47.6 Å². The van der Waals surface area contributed by atoms with Gasteiger partial charge in [0, 0.05) is 25.4 Å². The summed E-state index contributed by atoms with van der Waals surface area (Å²) in [6, 6.07) is 11.4. The predicted molar refractivity (Wildman–Crippen MR) is 110 cm³/mol. The van der Waals surface area contributed by atoms with Crippen LogP contribution in [-0.2, 0) is 6.54 Å². The molecule has 0 aliphatic heterocycles. The highest BCUT2D eigenvalue weighted by Crippen LogP contribution is 2.30. The van der Waals surface area contributed by atoms with E-state index in [-0.39, 0.29) is 0 Å². The molecule has 6 nitrogen and oxygen atoms in total. The van der Waals surface area contributed by atoms with E-state index in [0.29, 0.717) is 30.5 Å². The van der Waals surface area contributed by atoms with Crippen molar-refractivity contribution in [3.63, 3.8) is 0 Å². The van der Waals surface area contributed by atoms with Crippen molar-refractivity contribution in [1.82, 2.24) is 15.6 Å². The number of rotatable bonds is 10. The van der Waals surface area contributed by atoms with Gasteiger partial charge in [0.2, 0.25) is 5.88 Å². The second-order valence-electron chi connectivity index (χ2n) is 5.96. The third-order valence-corrected chi connectivity index (χ3v) is 3.75. The predicted octanol–water partition coefficient (Wildman–Crippen LogP) is 4.13. The highest BCUT2D eigenvalue weighted by Gasteiger charge is 2.06. The quantitative estimate of drug-likeness (QED) is 0.374. The van der Waals surface area contributed by atoms with Gasteiger partial charge < -0.3 is 20.1 Å². The van der Waals surface area contributed by atoms with Gasteiger partial charge in [0.25, 0.3) is 0 Å². The van der Waals surface area contributed by atoms with Crippen molar-refractivity contribution in [3.8, 4) is 17.4 Å². The Kier molecular flexibility index (Phi) is 8.96. The molecule has 1 aromatic heterocycles. The minimum atomic E-state index is 0.530. The van der Waals surface area contributed by atoms with Crippen LogP contribution in [0.3, 0.4) is 0 Å². The molecule has 2 aromatic rings. The Balaban J connectivity index is 1.97. The summed E-state index contributed by atoms with van der Waals surface area (Å²) in [5.41, 5.74) is 1.02. The molecule has 0 aliphatic carbocycles. The Morgan fingerprint density at radius 2 is 1.85 bits per heavy atom. The zero-order chi connectivity index (χ0) is 19.3. The summed E-state index contributed by atoms with van der Waals surface area (Å²) >= 11 is 0. The third-order valence-electron chi connectivity index (χ3n) is 3.75.